The second-order valence-corrected chi connectivity index (χ2v) is 7.12. The van der Waals surface area contributed by atoms with Crippen LogP contribution < -0.4 is 10.5 Å². The average molecular weight is 425 g/mol. The highest BCUT2D eigenvalue weighted by Crippen LogP contribution is 2.33. The van der Waals surface area contributed by atoms with Crippen molar-refractivity contribution >= 4 is 11.7 Å². The van der Waals surface area contributed by atoms with Gasteiger partial charge in [0.05, 0.1) is 35.3 Å². The van der Waals surface area contributed by atoms with E-state index in [0.717, 1.165) is 6.07 Å². The predicted octanol–water partition coefficient (Wildman–Crippen LogP) is 2.33. The van der Waals surface area contributed by atoms with E-state index in [0.29, 0.717) is 17.3 Å². The van der Waals surface area contributed by atoms with E-state index in [4.69, 9.17) is 10.5 Å². The van der Waals surface area contributed by atoms with E-state index in [1.807, 2.05) is 0 Å². The Morgan fingerprint density at radius 2 is 2.03 bits per heavy atom. The van der Waals surface area contributed by atoms with Gasteiger partial charge in [0, 0.05) is 25.7 Å². The number of benzene rings is 1. The van der Waals surface area contributed by atoms with Crippen molar-refractivity contribution in [3.8, 4) is 23.2 Å². The lowest BCUT2D eigenvalue weighted by Gasteiger charge is -2.23. The average Bonchev–Trinajstić information content (AvgIpc) is 3.02. The van der Waals surface area contributed by atoms with E-state index in [1.165, 1.54) is 29.7 Å². The molecule has 0 aliphatic carbocycles. The molecule has 9 nitrogen and oxygen atoms in total. The summed E-state index contributed by atoms with van der Waals surface area (Å²) in [6.45, 7) is 1.46. The molecular weight excluding hydrogens is 408 g/mol. The van der Waals surface area contributed by atoms with Crippen LogP contribution in [-0.2, 0) is 13.6 Å². The maximum atomic E-state index is 14.7. The molecule has 11 heteroatoms. The molecule has 1 aliphatic rings. The molecule has 1 unspecified atom stereocenters. The lowest BCUT2D eigenvalue weighted by Crippen LogP contribution is -2.29. The molecule has 2 bridgehead atoms. The standard InChI is InChI=1S/C20H17F2N7O2/c1-9-11-4-10(21)5-12(22)16(11)20(30)28(2)8-14-17(15(6-23)29(3)27-14)13-7-25-18(24)19(26-13)31-9/h4-5,7,9H,8H2,1-3H3,(H2,24,25). The van der Waals surface area contributed by atoms with Gasteiger partial charge < -0.3 is 15.4 Å². The number of nitrogen functional groups attached to an aromatic ring is 1. The summed E-state index contributed by atoms with van der Waals surface area (Å²) in [6.07, 6.45) is 0.391. The van der Waals surface area contributed by atoms with Crippen LogP contribution in [-0.4, -0.2) is 37.6 Å². The van der Waals surface area contributed by atoms with Crippen molar-refractivity contribution in [2.24, 2.45) is 7.05 Å². The zero-order chi connectivity index (χ0) is 22.4. The molecule has 0 saturated carbocycles. The molecule has 2 N–H and O–H groups in total. The fourth-order valence-electron chi connectivity index (χ4n) is 3.53. The molecule has 0 spiro atoms. The number of aryl methyl sites for hydroxylation is 1. The van der Waals surface area contributed by atoms with Gasteiger partial charge in [-0.1, -0.05) is 0 Å². The first kappa shape index (κ1) is 20.2. The van der Waals surface area contributed by atoms with Crippen molar-refractivity contribution in [1.29, 1.82) is 5.26 Å². The zero-order valence-electron chi connectivity index (χ0n) is 16.8. The lowest BCUT2D eigenvalue weighted by molar-refractivity contribution is 0.0772. The quantitative estimate of drug-likeness (QED) is 0.586. The van der Waals surface area contributed by atoms with Gasteiger partial charge in [0.15, 0.2) is 5.82 Å². The number of carbonyl (C=O) groups excluding carboxylic acids is 1. The maximum Gasteiger partial charge on any atom is 0.258 e. The molecule has 1 amide bonds. The number of aromatic nitrogens is 4. The maximum absolute atomic E-state index is 14.7. The minimum absolute atomic E-state index is 0.000449. The minimum Gasteiger partial charge on any atom is -0.467 e. The SMILES string of the molecule is CC1Oc2nc(cnc2N)-c2c(nn(C)c2C#N)CN(C)C(=O)c2c(F)cc(F)cc21. The van der Waals surface area contributed by atoms with Crippen LogP contribution in [0.1, 0.15) is 40.3 Å². The molecule has 31 heavy (non-hydrogen) atoms. The van der Waals surface area contributed by atoms with Crippen LogP contribution >= 0.6 is 0 Å². The Hall–Kier alpha value is -4.07. The number of rotatable bonds is 0. The number of nitriles is 1. The second kappa shape index (κ2) is 7.32. The Bertz CT molecular complexity index is 1270. The minimum atomic E-state index is -1.02. The fourth-order valence-corrected chi connectivity index (χ4v) is 3.53. The van der Waals surface area contributed by atoms with Crippen LogP contribution in [0.5, 0.6) is 5.88 Å². The molecule has 3 heterocycles. The number of carbonyl (C=O) groups is 1. The van der Waals surface area contributed by atoms with Gasteiger partial charge in [-0.3, -0.25) is 9.48 Å². The van der Waals surface area contributed by atoms with Crippen LogP contribution in [0.3, 0.4) is 0 Å². The first-order valence-corrected chi connectivity index (χ1v) is 9.21. The van der Waals surface area contributed by atoms with Crippen LogP contribution in [0.25, 0.3) is 11.3 Å². The van der Waals surface area contributed by atoms with Gasteiger partial charge in [0.1, 0.15) is 29.5 Å². The number of amides is 1. The van der Waals surface area contributed by atoms with Gasteiger partial charge in [-0.2, -0.15) is 10.4 Å². The number of anilines is 1. The largest absolute Gasteiger partial charge is 0.467 e. The number of fused-ring (bicyclic) bond motifs is 5. The first-order chi connectivity index (χ1) is 14.7. The number of hydrogen-bond acceptors (Lipinski definition) is 7. The summed E-state index contributed by atoms with van der Waals surface area (Å²) in [6, 6.07) is 3.73. The van der Waals surface area contributed by atoms with E-state index < -0.39 is 23.6 Å². The van der Waals surface area contributed by atoms with Crippen LogP contribution in [0.15, 0.2) is 18.3 Å². The van der Waals surface area contributed by atoms with Crippen molar-refractivity contribution < 1.29 is 18.3 Å². The van der Waals surface area contributed by atoms with Gasteiger partial charge >= 0.3 is 0 Å². The molecule has 4 rings (SSSR count). The Morgan fingerprint density at radius 1 is 1.29 bits per heavy atom. The summed E-state index contributed by atoms with van der Waals surface area (Å²) < 4.78 is 35.8. The number of nitrogens with zero attached hydrogens (tertiary/aromatic N) is 6. The molecule has 0 radical (unpaired) electrons. The van der Waals surface area contributed by atoms with Crippen molar-refractivity contribution in [1.82, 2.24) is 24.6 Å². The van der Waals surface area contributed by atoms with Gasteiger partial charge in [-0.15, -0.1) is 0 Å². The van der Waals surface area contributed by atoms with E-state index in [-0.39, 0.29) is 40.8 Å². The van der Waals surface area contributed by atoms with Crippen LogP contribution in [0.2, 0.25) is 0 Å². The third kappa shape index (κ3) is 3.31. The fraction of sp³-hybridized carbons (Fsp3) is 0.250. The van der Waals surface area contributed by atoms with E-state index >= 15 is 0 Å². The summed E-state index contributed by atoms with van der Waals surface area (Å²) in [4.78, 5) is 22.8. The molecule has 0 fully saturated rings. The molecule has 1 atom stereocenters. The normalized spacial score (nSPS) is 15.8. The van der Waals surface area contributed by atoms with Crippen LogP contribution in [0, 0.1) is 23.0 Å². The molecule has 1 aromatic carbocycles. The molecule has 158 valence electrons. The van der Waals surface area contributed by atoms with Gasteiger partial charge in [0.2, 0.25) is 0 Å². The highest BCUT2D eigenvalue weighted by atomic mass is 19.1. The van der Waals surface area contributed by atoms with Crippen molar-refractivity contribution in [2.45, 2.75) is 19.6 Å². The highest BCUT2D eigenvalue weighted by molar-refractivity contribution is 5.96. The molecular formula is C20H17F2N7O2. The number of halogens is 2. The lowest BCUT2D eigenvalue weighted by atomic mass is 10.0. The zero-order valence-corrected chi connectivity index (χ0v) is 16.8. The van der Waals surface area contributed by atoms with E-state index in [2.05, 4.69) is 21.1 Å². The third-order valence-electron chi connectivity index (χ3n) is 5.01. The summed E-state index contributed by atoms with van der Waals surface area (Å²) in [5, 5.41) is 13.9. The Kier molecular flexibility index (Phi) is 4.77. The Balaban J connectivity index is 2.01. The third-order valence-corrected chi connectivity index (χ3v) is 5.01. The van der Waals surface area contributed by atoms with E-state index in [1.54, 1.807) is 7.05 Å². The molecule has 0 saturated heterocycles. The topological polar surface area (TPSA) is 123 Å². The van der Waals surface area contributed by atoms with Gasteiger partial charge in [0.25, 0.3) is 11.8 Å². The second-order valence-electron chi connectivity index (χ2n) is 7.12. The molecule has 3 aromatic rings. The number of nitrogens with two attached hydrogens (primary N) is 1. The number of hydrogen-bond donors (Lipinski definition) is 1. The summed E-state index contributed by atoms with van der Waals surface area (Å²) >= 11 is 0. The van der Waals surface area contributed by atoms with Crippen molar-refractivity contribution in [3.63, 3.8) is 0 Å². The summed E-state index contributed by atoms with van der Waals surface area (Å²) in [5.41, 5.74) is 6.72. The summed E-state index contributed by atoms with van der Waals surface area (Å²) in [7, 11) is 3.03. The van der Waals surface area contributed by atoms with Crippen molar-refractivity contribution in [2.75, 3.05) is 12.8 Å². The molecule has 1 aliphatic heterocycles. The highest BCUT2D eigenvalue weighted by Gasteiger charge is 2.29. The first-order valence-electron chi connectivity index (χ1n) is 9.21. The molecule has 2 aromatic heterocycles. The monoisotopic (exact) mass is 425 g/mol. The van der Waals surface area contributed by atoms with E-state index in [9.17, 15) is 18.8 Å². The summed E-state index contributed by atoms with van der Waals surface area (Å²) in [5.74, 6) is -2.72. The predicted molar refractivity (Wildman–Crippen MR) is 105 cm³/mol. The Labute approximate surface area is 175 Å². The van der Waals surface area contributed by atoms with Crippen LogP contribution in [0.4, 0.5) is 14.6 Å². The van der Waals surface area contributed by atoms with Gasteiger partial charge in [-0.25, -0.2) is 18.7 Å². The Morgan fingerprint density at radius 3 is 2.74 bits per heavy atom. The van der Waals surface area contributed by atoms with Gasteiger partial charge in [-0.05, 0) is 13.0 Å². The van der Waals surface area contributed by atoms with Crippen molar-refractivity contribution in [3.05, 3.63) is 52.5 Å². The smallest absolute Gasteiger partial charge is 0.258 e. The number of ether oxygens (including phenoxy) is 1.